The number of carbonyl (C=O) groups is 3. The molecule has 5 rings (SSSR count). The Morgan fingerprint density at radius 3 is 2.19 bits per heavy atom. The highest BCUT2D eigenvalue weighted by molar-refractivity contribution is 8.26. The van der Waals surface area contributed by atoms with Gasteiger partial charge in [0.1, 0.15) is 5.82 Å². The SMILES string of the molecule is O=C1/C(=C\c2ccc(F)cc2)SC(=S)N1N1C(=O)[C@@H]2[C@H](C1=O)[C@H]1C=C[C@@H]2C1. The van der Waals surface area contributed by atoms with Gasteiger partial charge in [-0.1, -0.05) is 36.0 Å². The lowest BCUT2D eigenvalue weighted by molar-refractivity contribution is -0.159. The molecule has 3 fully saturated rings. The van der Waals surface area contributed by atoms with Gasteiger partial charge in [-0.05, 0) is 54.2 Å². The Kier molecular flexibility index (Phi) is 3.64. The first-order chi connectivity index (χ1) is 13.0. The molecular weight excluding hydrogens is 387 g/mol. The number of carbonyl (C=O) groups excluding carboxylic acids is 3. The Hall–Kier alpha value is -2.32. The van der Waals surface area contributed by atoms with Gasteiger partial charge < -0.3 is 0 Å². The Morgan fingerprint density at radius 2 is 1.59 bits per heavy atom. The second-order valence-electron chi connectivity index (χ2n) is 7.03. The summed E-state index contributed by atoms with van der Waals surface area (Å²) in [5, 5.41) is 1.97. The molecular formula is C19H13FN2O3S2. The van der Waals surface area contributed by atoms with Gasteiger partial charge in [0.15, 0.2) is 4.32 Å². The minimum atomic E-state index is -0.503. The molecule has 0 radical (unpaired) electrons. The summed E-state index contributed by atoms with van der Waals surface area (Å²) >= 11 is 6.32. The van der Waals surface area contributed by atoms with Gasteiger partial charge in [-0.2, -0.15) is 10.0 Å². The van der Waals surface area contributed by atoms with Gasteiger partial charge >= 0.3 is 0 Å². The third kappa shape index (κ3) is 2.36. The van der Waals surface area contributed by atoms with Crippen molar-refractivity contribution in [3.63, 3.8) is 0 Å². The topological polar surface area (TPSA) is 57.7 Å². The van der Waals surface area contributed by atoms with Crippen molar-refractivity contribution in [3.05, 3.63) is 52.7 Å². The molecule has 3 amide bonds. The molecule has 5 nitrogen and oxygen atoms in total. The highest BCUT2D eigenvalue weighted by Crippen LogP contribution is 2.53. The van der Waals surface area contributed by atoms with Gasteiger partial charge in [-0.3, -0.25) is 14.4 Å². The van der Waals surface area contributed by atoms with Crippen molar-refractivity contribution >= 4 is 52.1 Å². The number of rotatable bonds is 2. The van der Waals surface area contributed by atoms with Crippen LogP contribution in [0, 0.1) is 29.5 Å². The molecule has 0 unspecified atom stereocenters. The summed E-state index contributed by atoms with van der Waals surface area (Å²) in [5.41, 5.74) is 0.634. The van der Waals surface area contributed by atoms with E-state index in [9.17, 15) is 18.8 Å². The number of thiocarbonyl (C=S) groups is 1. The van der Waals surface area contributed by atoms with Crippen LogP contribution >= 0.6 is 24.0 Å². The molecule has 0 N–H and O–H groups in total. The van der Waals surface area contributed by atoms with Crippen LogP contribution in [0.2, 0.25) is 0 Å². The normalized spacial score (nSPS) is 33.1. The third-order valence-corrected chi connectivity index (χ3v) is 6.87. The quantitative estimate of drug-likeness (QED) is 0.331. The molecule has 1 saturated carbocycles. The molecule has 8 heteroatoms. The zero-order valence-electron chi connectivity index (χ0n) is 13.9. The smallest absolute Gasteiger partial charge is 0.272 e. The number of hydrazine groups is 1. The van der Waals surface area contributed by atoms with Crippen LogP contribution in [0.5, 0.6) is 0 Å². The molecule has 2 saturated heterocycles. The molecule has 4 atom stereocenters. The van der Waals surface area contributed by atoms with E-state index in [2.05, 4.69) is 0 Å². The van der Waals surface area contributed by atoms with Crippen molar-refractivity contribution in [1.82, 2.24) is 10.0 Å². The van der Waals surface area contributed by atoms with E-state index in [1.807, 2.05) is 12.2 Å². The van der Waals surface area contributed by atoms with Crippen LogP contribution in [0.25, 0.3) is 6.08 Å². The van der Waals surface area contributed by atoms with Crippen LogP contribution in [0.4, 0.5) is 4.39 Å². The van der Waals surface area contributed by atoms with E-state index < -0.39 is 17.7 Å². The number of hydrogen-bond donors (Lipinski definition) is 0. The van der Waals surface area contributed by atoms with Crippen molar-refractivity contribution in [2.45, 2.75) is 6.42 Å². The number of hydrogen-bond acceptors (Lipinski definition) is 5. The molecule has 2 bridgehead atoms. The number of fused-ring (bicyclic) bond motifs is 5. The van der Waals surface area contributed by atoms with Crippen LogP contribution in [-0.2, 0) is 14.4 Å². The van der Waals surface area contributed by atoms with Gasteiger partial charge in [-0.15, -0.1) is 0 Å². The number of amides is 3. The van der Waals surface area contributed by atoms with Crippen molar-refractivity contribution in [2.24, 2.45) is 23.7 Å². The molecule has 27 heavy (non-hydrogen) atoms. The van der Waals surface area contributed by atoms with E-state index in [4.69, 9.17) is 12.2 Å². The average molecular weight is 400 g/mol. The molecule has 0 aromatic heterocycles. The van der Waals surface area contributed by atoms with E-state index in [-0.39, 0.29) is 33.8 Å². The standard InChI is InChI=1S/C19H13FN2O3S2/c20-12-5-1-9(2-6-12)7-13-16(23)22(19(26)27-13)21-17(24)14-10-3-4-11(8-10)15(14)18(21)25/h1-7,10-11,14-15H,8H2/b13-7+/t10-,11+,14+,15-. The maximum Gasteiger partial charge on any atom is 0.285 e. The van der Waals surface area contributed by atoms with Crippen LogP contribution < -0.4 is 0 Å². The van der Waals surface area contributed by atoms with Gasteiger partial charge in [0.25, 0.3) is 17.7 Å². The van der Waals surface area contributed by atoms with E-state index in [1.165, 1.54) is 12.1 Å². The summed E-state index contributed by atoms with van der Waals surface area (Å²) in [4.78, 5) is 39.0. The highest BCUT2D eigenvalue weighted by atomic mass is 32.2. The van der Waals surface area contributed by atoms with Gasteiger partial charge in [-0.25, -0.2) is 4.39 Å². The first-order valence-electron chi connectivity index (χ1n) is 8.55. The largest absolute Gasteiger partial charge is 0.285 e. The molecule has 2 aliphatic heterocycles. The number of benzene rings is 1. The summed E-state index contributed by atoms with van der Waals surface area (Å²) < 4.78 is 13.2. The lowest BCUT2D eigenvalue weighted by atomic mass is 9.85. The first-order valence-corrected chi connectivity index (χ1v) is 9.78. The average Bonchev–Trinajstić information content (AvgIpc) is 3.37. The monoisotopic (exact) mass is 400 g/mol. The number of nitrogens with zero attached hydrogens (tertiary/aromatic N) is 2. The summed E-state index contributed by atoms with van der Waals surface area (Å²) in [6.45, 7) is 0. The molecule has 2 heterocycles. The van der Waals surface area contributed by atoms with Gasteiger partial charge in [0.2, 0.25) is 0 Å². The Morgan fingerprint density at radius 1 is 1.00 bits per heavy atom. The lowest BCUT2D eigenvalue weighted by Gasteiger charge is -2.25. The maximum atomic E-state index is 13.1. The predicted molar refractivity (Wildman–Crippen MR) is 101 cm³/mol. The van der Waals surface area contributed by atoms with Crippen molar-refractivity contribution in [1.29, 1.82) is 0 Å². The molecule has 1 aromatic rings. The third-order valence-electron chi connectivity index (χ3n) is 5.59. The minimum absolute atomic E-state index is 0.0645. The number of halogens is 1. The number of imide groups is 1. The fourth-order valence-electron chi connectivity index (χ4n) is 4.43. The lowest BCUT2D eigenvalue weighted by Crippen LogP contribution is -2.49. The predicted octanol–water partition coefficient (Wildman–Crippen LogP) is 2.75. The molecule has 0 spiro atoms. The fraction of sp³-hybridized carbons (Fsp3) is 0.263. The molecule has 136 valence electrons. The second-order valence-corrected chi connectivity index (χ2v) is 8.71. The van der Waals surface area contributed by atoms with Crippen LogP contribution in [-0.4, -0.2) is 32.1 Å². The highest BCUT2D eigenvalue weighted by Gasteiger charge is 2.62. The zero-order valence-corrected chi connectivity index (χ0v) is 15.5. The Bertz CT molecular complexity index is 942. The zero-order chi connectivity index (χ0) is 18.9. The van der Waals surface area contributed by atoms with E-state index in [1.54, 1.807) is 18.2 Å². The summed E-state index contributed by atoms with van der Waals surface area (Å²) in [6, 6.07) is 5.68. The van der Waals surface area contributed by atoms with E-state index in [0.29, 0.717) is 10.5 Å². The van der Waals surface area contributed by atoms with E-state index >= 15 is 0 Å². The number of allylic oxidation sites excluding steroid dienone is 2. The van der Waals surface area contributed by atoms with Gasteiger partial charge in [0.05, 0.1) is 16.7 Å². The van der Waals surface area contributed by atoms with Crippen LogP contribution in [0.1, 0.15) is 12.0 Å². The minimum Gasteiger partial charge on any atom is -0.272 e. The first kappa shape index (κ1) is 16.8. The molecule has 4 aliphatic rings. The number of thioether (sulfide) groups is 1. The van der Waals surface area contributed by atoms with E-state index in [0.717, 1.165) is 28.2 Å². The van der Waals surface area contributed by atoms with Crippen molar-refractivity contribution in [2.75, 3.05) is 0 Å². The summed E-state index contributed by atoms with van der Waals surface area (Å²) in [7, 11) is 0. The maximum absolute atomic E-state index is 13.1. The fourth-order valence-corrected chi connectivity index (χ4v) is 5.67. The van der Waals surface area contributed by atoms with Gasteiger partial charge in [0, 0.05) is 0 Å². The van der Waals surface area contributed by atoms with Crippen LogP contribution in [0.3, 0.4) is 0 Å². The van der Waals surface area contributed by atoms with Crippen molar-refractivity contribution < 1.29 is 18.8 Å². The molecule has 1 aromatic carbocycles. The second kappa shape index (κ2) is 5.84. The summed E-state index contributed by atoms with van der Waals surface area (Å²) in [5.74, 6) is -2.22. The summed E-state index contributed by atoms with van der Waals surface area (Å²) in [6.07, 6.45) is 6.40. The Labute approximate surface area is 163 Å². The van der Waals surface area contributed by atoms with Crippen molar-refractivity contribution in [3.8, 4) is 0 Å². The van der Waals surface area contributed by atoms with Crippen LogP contribution in [0.15, 0.2) is 41.3 Å². The molecule has 2 aliphatic carbocycles. The Balaban J connectivity index is 1.45.